The Morgan fingerprint density at radius 1 is 1.24 bits per heavy atom. The van der Waals surface area contributed by atoms with Crippen LogP contribution in [0.1, 0.15) is 37.5 Å². The van der Waals surface area contributed by atoms with Gasteiger partial charge >= 0.3 is 6.18 Å². The Balaban J connectivity index is 1.77. The first-order chi connectivity index (χ1) is 13.6. The van der Waals surface area contributed by atoms with Crippen LogP contribution in [0.3, 0.4) is 0 Å². The van der Waals surface area contributed by atoms with Gasteiger partial charge in [0.15, 0.2) is 10.8 Å². The van der Waals surface area contributed by atoms with Gasteiger partial charge in [0.1, 0.15) is 17.3 Å². The van der Waals surface area contributed by atoms with Gasteiger partial charge in [0.25, 0.3) is 0 Å². The van der Waals surface area contributed by atoms with Crippen LogP contribution in [0.5, 0.6) is 0 Å². The number of furan rings is 1. The number of aryl methyl sites for hydroxylation is 1. The van der Waals surface area contributed by atoms with E-state index in [0.717, 1.165) is 18.2 Å². The van der Waals surface area contributed by atoms with Crippen LogP contribution >= 0.6 is 12.2 Å². The van der Waals surface area contributed by atoms with E-state index in [2.05, 4.69) is 34.4 Å². The van der Waals surface area contributed by atoms with E-state index in [1.807, 2.05) is 17.9 Å². The summed E-state index contributed by atoms with van der Waals surface area (Å²) < 4.78 is 45.6. The Hall–Kier alpha value is -2.36. The maximum atomic E-state index is 13.4. The van der Waals surface area contributed by atoms with E-state index < -0.39 is 11.9 Å². The van der Waals surface area contributed by atoms with Crippen molar-refractivity contribution >= 4 is 29.1 Å². The van der Waals surface area contributed by atoms with Crippen molar-refractivity contribution in [1.29, 1.82) is 0 Å². The van der Waals surface area contributed by atoms with Gasteiger partial charge in [0, 0.05) is 19.2 Å². The van der Waals surface area contributed by atoms with Gasteiger partial charge in [-0.1, -0.05) is 13.8 Å². The molecule has 1 saturated heterocycles. The van der Waals surface area contributed by atoms with Gasteiger partial charge in [0.05, 0.1) is 6.54 Å². The lowest BCUT2D eigenvalue weighted by molar-refractivity contribution is -0.141. The van der Waals surface area contributed by atoms with Crippen LogP contribution < -0.4 is 15.5 Å². The molecule has 29 heavy (non-hydrogen) atoms. The van der Waals surface area contributed by atoms with E-state index >= 15 is 0 Å². The maximum absolute atomic E-state index is 13.4. The van der Waals surface area contributed by atoms with Gasteiger partial charge in [-0.15, -0.1) is 0 Å². The first kappa shape index (κ1) is 21.4. The minimum Gasteiger partial charge on any atom is -0.465 e. The number of aromatic nitrogens is 2. The average Bonchev–Trinajstić information content (AvgIpc) is 3.03. The second kappa shape index (κ2) is 8.56. The zero-order valence-corrected chi connectivity index (χ0v) is 17.3. The molecule has 0 aromatic carbocycles. The summed E-state index contributed by atoms with van der Waals surface area (Å²) in [4.78, 5) is 9.78. The van der Waals surface area contributed by atoms with Gasteiger partial charge in [-0.05, 0) is 49.5 Å². The largest absolute Gasteiger partial charge is 0.465 e. The third kappa shape index (κ3) is 5.81. The molecule has 3 heterocycles. The topological polar surface area (TPSA) is 66.2 Å². The SMILES string of the molecule is Cc1ccc(CNC(=S)Nc2nc(N3C[C@H](C)C[C@H](C)C3)cc(C(F)(F)F)n2)o1. The fourth-order valence-electron chi connectivity index (χ4n) is 3.54. The minimum atomic E-state index is -4.58. The molecule has 1 aliphatic rings. The van der Waals surface area contributed by atoms with E-state index in [4.69, 9.17) is 16.6 Å². The molecule has 0 amide bonds. The Labute approximate surface area is 172 Å². The van der Waals surface area contributed by atoms with Crippen molar-refractivity contribution in [1.82, 2.24) is 15.3 Å². The number of alkyl halides is 3. The molecule has 10 heteroatoms. The van der Waals surface area contributed by atoms with Crippen LogP contribution in [0.25, 0.3) is 0 Å². The van der Waals surface area contributed by atoms with E-state index in [9.17, 15) is 13.2 Å². The lowest BCUT2D eigenvalue weighted by Gasteiger charge is -2.36. The maximum Gasteiger partial charge on any atom is 0.433 e. The highest BCUT2D eigenvalue weighted by atomic mass is 32.1. The monoisotopic (exact) mass is 427 g/mol. The smallest absolute Gasteiger partial charge is 0.433 e. The summed E-state index contributed by atoms with van der Waals surface area (Å²) in [5.74, 6) is 2.23. The number of piperidine rings is 1. The zero-order chi connectivity index (χ0) is 21.2. The molecule has 0 bridgehead atoms. The fourth-order valence-corrected chi connectivity index (χ4v) is 3.70. The molecule has 3 rings (SSSR count). The molecule has 0 spiro atoms. The lowest BCUT2D eigenvalue weighted by atomic mass is 9.92. The lowest BCUT2D eigenvalue weighted by Crippen LogP contribution is -2.39. The first-order valence-corrected chi connectivity index (χ1v) is 9.82. The molecule has 2 aromatic heterocycles. The quantitative estimate of drug-likeness (QED) is 0.703. The van der Waals surface area contributed by atoms with Gasteiger partial charge < -0.3 is 20.0 Å². The number of nitrogens with zero attached hydrogens (tertiary/aromatic N) is 3. The average molecular weight is 427 g/mol. The number of hydrogen-bond donors (Lipinski definition) is 2. The third-order valence-corrected chi connectivity index (χ3v) is 4.89. The van der Waals surface area contributed by atoms with Crippen LogP contribution in [-0.4, -0.2) is 28.2 Å². The highest BCUT2D eigenvalue weighted by Gasteiger charge is 2.35. The van der Waals surface area contributed by atoms with Crippen molar-refractivity contribution in [2.24, 2.45) is 11.8 Å². The second-order valence-electron chi connectivity index (χ2n) is 7.60. The summed E-state index contributed by atoms with van der Waals surface area (Å²) in [6.45, 7) is 7.59. The van der Waals surface area contributed by atoms with E-state index in [1.165, 1.54) is 0 Å². The summed E-state index contributed by atoms with van der Waals surface area (Å²) >= 11 is 5.18. The predicted molar refractivity (Wildman–Crippen MR) is 109 cm³/mol. The number of anilines is 2. The summed E-state index contributed by atoms with van der Waals surface area (Å²) in [6.07, 6.45) is -3.54. The van der Waals surface area contributed by atoms with Crippen LogP contribution in [0.15, 0.2) is 22.6 Å². The normalized spacial score (nSPS) is 19.9. The molecule has 0 unspecified atom stereocenters. The van der Waals surface area contributed by atoms with Crippen molar-refractivity contribution in [2.75, 3.05) is 23.3 Å². The Morgan fingerprint density at radius 3 is 2.52 bits per heavy atom. The molecular weight excluding hydrogens is 403 g/mol. The van der Waals surface area contributed by atoms with Gasteiger partial charge in [-0.3, -0.25) is 0 Å². The third-order valence-electron chi connectivity index (χ3n) is 4.64. The highest BCUT2D eigenvalue weighted by molar-refractivity contribution is 7.80. The molecule has 2 aromatic rings. The summed E-state index contributed by atoms with van der Waals surface area (Å²) in [5, 5.41) is 5.66. The zero-order valence-electron chi connectivity index (χ0n) is 16.5. The van der Waals surface area contributed by atoms with Crippen molar-refractivity contribution in [3.63, 3.8) is 0 Å². The molecule has 158 valence electrons. The number of thiocarbonyl (C=S) groups is 1. The van der Waals surface area contributed by atoms with Crippen molar-refractivity contribution in [3.05, 3.63) is 35.4 Å². The van der Waals surface area contributed by atoms with Crippen molar-refractivity contribution < 1.29 is 17.6 Å². The second-order valence-corrected chi connectivity index (χ2v) is 8.01. The van der Waals surface area contributed by atoms with E-state index in [1.54, 1.807) is 6.07 Å². The first-order valence-electron chi connectivity index (χ1n) is 9.41. The molecule has 2 atom stereocenters. The van der Waals surface area contributed by atoms with Crippen LogP contribution in [0.2, 0.25) is 0 Å². The van der Waals surface area contributed by atoms with Gasteiger partial charge in [-0.2, -0.15) is 18.2 Å². The Kier molecular flexibility index (Phi) is 6.30. The summed E-state index contributed by atoms with van der Waals surface area (Å²) in [5.41, 5.74) is -1.000. The standard InChI is InChI=1S/C19H24F3N5OS/c1-11-6-12(2)10-27(9-11)16-7-15(19(20,21)22)24-17(25-16)26-18(29)23-8-14-5-4-13(3)28-14/h4-5,7,11-12H,6,8-10H2,1-3H3,(H2,23,24,25,26,29)/t11-,12+. The number of nitrogens with one attached hydrogen (secondary N) is 2. The van der Waals surface area contributed by atoms with Crippen molar-refractivity contribution in [2.45, 2.75) is 39.9 Å². The summed E-state index contributed by atoms with van der Waals surface area (Å²) in [6, 6.07) is 4.61. The van der Waals surface area contributed by atoms with Crippen molar-refractivity contribution in [3.8, 4) is 0 Å². The molecule has 1 fully saturated rings. The highest BCUT2D eigenvalue weighted by Crippen LogP contribution is 2.32. The molecule has 1 aliphatic heterocycles. The van der Waals surface area contributed by atoms with E-state index in [-0.39, 0.29) is 16.9 Å². The Morgan fingerprint density at radius 2 is 1.93 bits per heavy atom. The summed E-state index contributed by atoms with van der Waals surface area (Å²) in [7, 11) is 0. The van der Waals surface area contributed by atoms with Crippen LogP contribution in [0.4, 0.5) is 24.9 Å². The Bertz CT molecular complexity index is 860. The number of hydrogen-bond acceptors (Lipinski definition) is 5. The molecule has 0 aliphatic carbocycles. The number of halogens is 3. The number of rotatable bonds is 4. The van der Waals surface area contributed by atoms with E-state index in [0.29, 0.717) is 37.2 Å². The van der Waals surface area contributed by atoms with Crippen LogP contribution in [0, 0.1) is 18.8 Å². The molecule has 2 N–H and O–H groups in total. The van der Waals surface area contributed by atoms with Gasteiger partial charge in [0.2, 0.25) is 5.95 Å². The predicted octanol–water partition coefficient (Wildman–Crippen LogP) is 4.37. The van der Waals surface area contributed by atoms with Gasteiger partial charge in [-0.25, -0.2) is 4.98 Å². The minimum absolute atomic E-state index is 0.115. The fraction of sp³-hybridized carbons (Fsp3) is 0.526. The van der Waals surface area contributed by atoms with Crippen LogP contribution in [-0.2, 0) is 12.7 Å². The molecule has 0 radical (unpaired) electrons. The molecular formula is C19H24F3N5OS. The molecule has 0 saturated carbocycles. The molecule has 6 nitrogen and oxygen atoms in total.